The van der Waals surface area contributed by atoms with Crippen molar-refractivity contribution in [2.45, 2.75) is 34.6 Å². The second-order valence-electron chi connectivity index (χ2n) is 6.87. The highest BCUT2D eigenvalue weighted by molar-refractivity contribution is 5.89. The first kappa shape index (κ1) is 19.5. The first-order chi connectivity index (χ1) is 12.1. The maximum atomic E-state index is 14.9. The zero-order valence-corrected chi connectivity index (χ0v) is 16.4. The maximum absolute atomic E-state index is 14.9. The van der Waals surface area contributed by atoms with Crippen molar-refractivity contribution in [3.8, 4) is 0 Å². The third-order valence-corrected chi connectivity index (χ3v) is 4.01. The number of nitrogens with two attached hydrogens (primary N) is 1. The van der Waals surface area contributed by atoms with Gasteiger partial charge in [-0.3, -0.25) is 4.68 Å². The molecule has 5 heteroatoms. The van der Waals surface area contributed by atoms with Crippen molar-refractivity contribution in [1.29, 1.82) is 0 Å². The average Bonchev–Trinajstić information content (AvgIpc) is 2.76. The van der Waals surface area contributed by atoms with Crippen molar-refractivity contribution in [1.82, 2.24) is 9.78 Å². The summed E-state index contributed by atoms with van der Waals surface area (Å²) in [5.74, 6) is 0.349. The molecule has 0 saturated carbocycles. The van der Waals surface area contributed by atoms with Gasteiger partial charge in [0.2, 0.25) is 0 Å². The molecule has 26 heavy (non-hydrogen) atoms. The molecule has 138 valence electrons. The molecular formula is C21H27FN4. The number of halogens is 1. The number of aryl methyl sites for hydroxylation is 3. The number of hydrogen-bond donors (Lipinski definition) is 2. The molecule has 1 aromatic heterocycles. The highest BCUT2D eigenvalue weighted by Gasteiger charge is 2.21. The van der Waals surface area contributed by atoms with Gasteiger partial charge >= 0.3 is 0 Å². The van der Waals surface area contributed by atoms with Gasteiger partial charge in [0.1, 0.15) is 11.6 Å². The summed E-state index contributed by atoms with van der Waals surface area (Å²) in [6, 6.07) is 5.78. The van der Waals surface area contributed by atoms with Crippen LogP contribution < -0.4 is 11.1 Å². The van der Waals surface area contributed by atoms with E-state index in [0.29, 0.717) is 28.2 Å². The van der Waals surface area contributed by atoms with E-state index in [-0.39, 0.29) is 5.83 Å². The van der Waals surface area contributed by atoms with Crippen LogP contribution in [0.25, 0.3) is 5.57 Å². The topological polar surface area (TPSA) is 55.9 Å². The van der Waals surface area contributed by atoms with Crippen molar-refractivity contribution in [3.63, 3.8) is 0 Å². The normalized spacial score (nSPS) is 11.8. The van der Waals surface area contributed by atoms with Gasteiger partial charge in [-0.25, -0.2) is 4.39 Å². The second kappa shape index (κ2) is 7.60. The lowest BCUT2D eigenvalue weighted by molar-refractivity contribution is 0.668. The van der Waals surface area contributed by atoms with Gasteiger partial charge in [-0.1, -0.05) is 18.2 Å². The molecule has 4 nitrogen and oxygen atoms in total. The zero-order valence-electron chi connectivity index (χ0n) is 16.4. The summed E-state index contributed by atoms with van der Waals surface area (Å²) < 4.78 is 16.6. The number of nitrogen functional groups attached to an aromatic ring is 1. The smallest absolute Gasteiger partial charge is 0.136 e. The number of rotatable bonds is 5. The Hall–Kier alpha value is -2.82. The van der Waals surface area contributed by atoms with Crippen LogP contribution in [0.1, 0.15) is 37.6 Å². The predicted octanol–water partition coefficient (Wildman–Crippen LogP) is 5.59. The molecule has 0 unspecified atom stereocenters. The Morgan fingerprint density at radius 1 is 1.27 bits per heavy atom. The second-order valence-corrected chi connectivity index (χ2v) is 6.87. The van der Waals surface area contributed by atoms with Gasteiger partial charge in [0, 0.05) is 12.6 Å². The van der Waals surface area contributed by atoms with Crippen LogP contribution in [0.3, 0.4) is 0 Å². The van der Waals surface area contributed by atoms with Crippen LogP contribution in [-0.2, 0) is 7.05 Å². The molecule has 2 rings (SSSR count). The van der Waals surface area contributed by atoms with Crippen LogP contribution in [0.15, 0.2) is 47.8 Å². The first-order valence-electron chi connectivity index (χ1n) is 8.49. The van der Waals surface area contributed by atoms with Crippen LogP contribution in [0.5, 0.6) is 0 Å². The van der Waals surface area contributed by atoms with Gasteiger partial charge in [-0.05, 0) is 64.0 Å². The van der Waals surface area contributed by atoms with Crippen LogP contribution in [0, 0.1) is 13.8 Å². The number of nitrogens with one attached hydrogen (secondary N) is 1. The lowest BCUT2D eigenvalue weighted by Gasteiger charge is -2.15. The van der Waals surface area contributed by atoms with Gasteiger partial charge in [0.05, 0.1) is 22.6 Å². The molecule has 0 amide bonds. The van der Waals surface area contributed by atoms with Crippen LogP contribution in [0.4, 0.5) is 21.6 Å². The van der Waals surface area contributed by atoms with Crippen LogP contribution >= 0.6 is 0 Å². The quantitative estimate of drug-likeness (QED) is 0.544. The molecule has 1 aromatic carbocycles. The molecule has 0 aliphatic rings. The van der Waals surface area contributed by atoms with E-state index in [9.17, 15) is 4.39 Å². The third kappa shape index (κ3) is 4.04. The summed E-state index contributed by atoms with van der Waals surface area (Å²) in [4.78, 5) is 0. The van der Waals surface area contributed by atoms with Crippen molar-refractivity contribution in [2.75, 3.05) is 11.1 Å². The molecule has 2 aromatic rings. The Morgan fingerprint density at radius 2 is 1.92 bits per heavy atom. The largest absolute Gasteiger partial charge is 0.397 e. The molecule has 0 radical (unpaired) electrons. The third-order valence-electron chi connectivity index (χ3n) is 4.01. The summed E-state index contributed by atoms with van der Waals surface area (Å²) in [6.07, 6.45) is 1.51. The van der Waals surface area contributed by atoms with Gasteiger partial charge < -0.3 is 11.1 Å². The van der Waals surface area contributed by atoms with Gasteiger partial charge in [0.25, 0.3) is 0 Å². The van der Waals surface area contributed by atoms with Crippen molar-refractivity contribution < 1.29 is 4.39 Å². The van der Waals surface area contributed by atoms with Crippen LogP contribution in [0.2, 0.25) is 0 Å². The minimum atomic E-state index is -0.325. The van der Waals surface area contributed by atoms with E-state index in [1.807, 2.05) is 52.9 Å². The Kier molecular flexibility index (Phi) is 5.70. The van der Waals surface area contributed by atoms with E-state index >= 15 is 0 Å². The van der Waals surface area contributed by atoms with E-state index in [4.69, 9.17) is 5.73 Å². The number of benzene rings is 1. The van der Waals surface area contributed by atoms with E-state index in [1.54, 1.807) is 11.6 Å². The Bertz CT molecular complexity index is 912. The zero-order chi connectivity index (χ0) is 19.6. The van der Waals surface area contributed by atoms with Gasteiger partial charge in [-0.15, -0.1) is 0 Å². The fourth-order valence-electron chi connectivity index (χ4n) is 2.89. The highest BCUT2D eigenvalue weighted by atomic mass is 19.1. The van der Waals surface area contributed by atoms with E-state index < -0.39 is 0 Å². The summed E-state index contributed by atoms with van der Waals surface area (Å²) in [5, 5.41) is 7.78. The summed E-state index contributed by atoms with van der Waals surface area (Å²) in [7, 11) is 1.82. The summed E-state index contributed by atoms with van der Waals surface area (Å²) >= 11 is 0. The number of aromatic nitrogens is 2. The Labute approximate surface area is 154 Å². The van der Waals surface area contributed by atoms with Crippen molar-refractivity contribution in [3.05, 3.63) is 64.6 Å². The molecule has 0 saturated heterocycles. The molecule has 0 bridgehead atoms. The summed E-state index contributed by atoms with van der Waals surface area (Å²) in [6.45, 7) is 13.3. The fourth-order valence-corrected chi connectivity index (χ4v) is 2.89. The molecule has 0 spiro atoms. The molecule has 0 fully saturated rings. The summed E-state index contributed by atoms with van der Waals surface area (Å²) in [5.41, 5.74) is 12.0. The number of allylic oxidation sites excluding steroid dienone is 5. The molecular weight excluding hydrogens is 327 g/mol. The van der Waals surface area contributed by atoms with Crippen molar-refractivity contribution >= 4 is 22.8 Å². The van der Waals surface area contributed by atoms with Crippen molar-refractivity contribution in [2.24, 2.45) is 7.05 Å². The molecule has 0 atom stereocenters. The molecule has 1 heterocycles. The standard InChI is InChI=1S/C21H27FN4/c1-12(2)10-16(22)19(13(3)4)20-15(6)25-26(7)21(20)24-18-9-8-14(5)11-17(18)23/h8-11,24H,3,23H2,1-2,4-7H3/b19-16-. The lowest BCUT2D eigenvalue weighted by Crippen LogP contribution is -2.04. The minimum Gasteiger partial charge on any atom is -0.397 e. The maximum Gasteiger partial charge on any atom is 0.136 e. The van der Waals surface area contributed by atoms with Gasteiger partial charge in [-0.2, -0.15) is 5.10 Å². The Morgan fingerprint density at radius 3 is 2.46 bits per heavy atom. The molecule has 0 aliphatic heterocycles. The predicted molar refractivity (Wildman–Crippen MR) is 109 cm³/mol. The van der Waals surface area contributed by atoms with E-state index in [2.05, 4.69) is 17.0 Å². The Balaban J connectivity index is 2.67. The highest BCUT2D eigenvalue weighted by Crippen LogP contribution is 2.37. The number of hydrogen-bond acceptors (Lipinski definition) is 3. The minimum absolute atomic E-state index is 0.325. The SMILES string of the molecule is C=C(C)/C(=C(/F)C=C(C)C)c1c(C)nn(C)c1Nc1ccc(C)cc1N. The van der Waals surface area contributed by atoms with Crippen LogP contribution in [-0.4, -0.2) is 9.78 Å². The van der Waals surface area contributed by atoms with E-state index in [1.165, 1.54) is 6.08 Å². The molecule has 3 N–H and O–H groups in total. The number of anilines is 3. The first-order valence-corrected chi connectivity index (χ1v) is 8.49. The monoisotopic (exact) mass is 354 g/mol. The fraction of sp³-hybridized carbons (Fsp3) is 0.286. The number of nitrogens with zero attached hydrogens (tertiary/aromatic N) is 2. The van der Waals surface area contributed by atoms with E-state index in [0.717, 1.165) is 22.5 Å². The lowest BCUT2D eigenvalue weighted by atomic mass is 9.98. The van der Waals surface area contributed by atoms with Gasteiger partial charge in [0.15, 0.2) is 0 Å². The molecule has 0 aliphatic carbocycles. The average molecular weight is 354 g/mol.